The number of halogens is 1. The predicted molar refractivity (Wildman–Crippen MR) is 130 cm³/mol. The highest BCUT2D eigenvalue weighted by Crippen LogP contribution is 2.22. The van der Waals surface area contributed by atoms with Crippen molar-refractivity contribution in [1.29, 1.82) is 0 Å². The van der Waals surface area contributed by atoms with Gasteiger partial charge in [0, 0.05) is 38.9 Å². The van der Waals surface area contributed by atoms with E-state index in [2.05, 4.69) is 25.9 Å². The first-order valence-corrected chi connectivity index (χ1v) is 10.4. The van der Waals surface area contributed by atoms with Crippen LogP contribution in [0, 0.1) is 0 Å². The number of ether oxygens (including phenoxy) is 2. The molecular formula is C21H36IN5O3. The van der Waals surface area contributed by atoms with Crippen LogP contribution in [0.3, 0.4) is 0 Å². The number of alkyl carbamates (subject to hydrolysis) is 1. The molecule has 3 N–H and O–H groups in total. The Labute approximate surface area is 197 Å². The summed E-state index contributed by atoms with van der Waals surface area (Å²) in [5, 5.41) is 9.22. The van der Waals surface area contributed by atoms with E-state index in [1.807, 2.05) is 39.1 Å². The highest BCUT2D eigenvalue weighted by molar-refractivity contribution is 14.0. The van der Waals surface area contributed by atoms with Crippen LogP contribution in [-0.2, 0) is 11.3 Å². The average molecular weight is 533 g/mol. The van der Waals surface area contributed by atoms with E-state index in [0.29, 0.717) is 37.6 Å². The van der Waals surface area contributed by atoms with Gasteiger partial charge in [-0.05, 0) is 58.4 Å². The number of hydrogen-bond acceptors (Lipinski definition) is 5. The maximum Gasteiger partial charge on any atom is 0.407 e. The van der Waals surface area contributed by atoms with Crippen LogP contribution in [0.1, 0.15) is 58.4 Å². The van der Waals surface area contributed by atoms with E-state index in [0.717, 1.165) is 24.8 Å². The van der Waals surface area contributed by atoms with E-state index in [-0.39, 0.29) is 24.0 Å². The Morgan fingerprint density at radius 1 is 1.17 bits per heavy atom. The third-order valence-electron chi connectivity index (χ3n) is 4.38. The lowest BCUT2D eigenvalue weighted by Gasteiger charge is -2.19. The molecule has 8 nitrogen and oxygen atoms in total. The molecule has 1 aliphatic rings. The van der Waals surface area contributed by atoms with Gasteiger partial charge in [-0.25, -0.2) is 9.78 Å². The molecular weight excluding hydrogens is 497 g/mol. The van der Waals surface area contributed by atoms with Crippen molar-refractivity contribution in [2.75, 3.05) is 20.1 Å². The van der Waals surface area contributed by atoms with Crippen molar-refractivity contribution in [3.63, 3.8) is 0 Å². The van der Waals surface area contributed by atoms with Crippen LogP contribution in [0.5, 0.6) is 5.88 Å². The Balaban J connectivity index is 0.00000450. The number of amides is 1. The quantitative estimate of drug-likeness (QED) is 0.205. The standard InChI is InChI=1S/C21H35N5O3.HI/c1-21(2,3)29-20(27)24-13-7-12-23-19(22-4)26-15-16-10-11-18(25-14-16)28-17-8-5-6-9-17;/h10-11,14,17H,5-9,12-13,15H2,1-4H3,(H,24,27)(H2,22,23,26);1H. The molecule has 0 bridgehead atoms. The van der Waals surface area contributed by atoms with Gasteiger partial charge in [-0.2, -0.15) is 0 Å². The van der Waals surface area contributed by atoms with Gasteiger partial charge in [0.05, 0.1) is 0 Å². The lowest BCUT2D eigenvalue weighted by molar-refractivity contribution is 0.0527. The van der Waals surface area contributed by atoms with Crippen LogP contribution in [0.2, 0.25) is 0 Å². The topological polar surface area (TPSA) is 96.9 Å². The minimum absolute atomic E-state index is 0. The van der Waals surface area contributed by atoms with E-state index in [4.69, 9.17) is 9.47 Å². The molecule has 1 aromatic rings. The lowest BCUT2D eigenvalue weighted by Crippen LogP contribution is -2.39. The largest absolute Gasteiger partial charge is 0.474 e. The zero-order valence-electron chi connectivity index (χ0n) is 18.5. The van der Waals surface area contributed by atoms with Gasteiger partial charge in [-0.3, -0.25) is 4.99 Å². The average Bonchev–Trinajstić information content (AvgIpc) is 3.17. The van der Waals surface area contributed by atoms with Gasteiger partial charge in [0.2, 0.25) is 5.88 Å². The highest BCUT2D eigenvalue weighted by atomic mass is 127. The first-order valence-electron chi connectivity index (χ1n) is 10.4. The smallest absolute Gasteiger partial charge is 0.407 e. The van der Waals surface area contributed by atoms with Gasteiger partial charge >= 0.3 is 6.09 Å². The lowest BCUT2D eigenvalue weighted by atomic mass is 10.2. The number of pyridine rings is 1. The molecule has 2 rings (SSSR count). The van der Waals surface area contributed by atoms with Crippen LogP contribution in [0.25, 0.3) is 0 Å². The van der Waals surface area contributed by atoms with Crippen molar-refractivity contribution in [1.82, 2.24) is 20.9 Å². The molecule has 0 atom stereocenters. The van der Waals surface area contributed by atoms with Gasteiger partial charge in [0.1, 0.15) is 11.7 Å². The van der Waals surface area contributed by atoms with Crippen LogP contribution in [0.4, 0.5) is 4.79 Å². The SMILES string of the molecule is CN=C(NCCCNC(=O)OC(C)(C)C)NCc1ccc(OC2CCCC2)nc1.I. The number of carbonyl (C=O) groups is 1. The third kappa shape index (κ3) is 10.8. The number of rotatable bonds is 8. The van der Waals surface area contributed by atoms with Crippen molar-refractivity contribution in [3.05, 3.63) is 23.9 Å². The number of carbonyl (C=O) groups excluding carboxylic acids is 1. The molecule has 170 valence electrons. The summed E-state index contributed by atoms with van der Waals surface area (Å²) < 4.78 is 11.1. The first kappa shape index (κ1) is 26.3. The summed E-state index contributed by atoms with van der Waals surface area (Å²) in [5.74, 6) is 1.40. The normalized spacial score (nSPS) is 14.6. The van der Waals surface area contributed by atoms with Crippen LogP contribution < -0.4 is 20.7 Å². The van der Waals surface area contributed by atoms with Crippen molar-refractivity contribution in [3.8, 4) is 5.88 Å². The molecule has 1 saturated carbocycles. The fraction of sp³-hybridized carbons (Fsp3) is 0.667. The first-order chi connectivity index (χ1) is 13.9. The molecule has 9 heteroatoms. The fourth-order valence-corrected chi connectivity index (χ4v) is 2.97. The molecule has 1 aliphatic carbocycles. The van der Waals surface area contributed by atoms with Gasteiger partial charge in [0.25, 0.3) is 0 Å². The minimum atomic E-state index is -0.482. The van der Waals surface area contributed by atoms with Crippen molar-refractivity contribution < 1.29 is 14.3 Å². The van der Waals surface area contributed by atoms with Crippen molar-refractivity contribution in [2.45, 2.75) is 71.1 Å². The summed E-state index contributed by atoms with van der Waals surface area (Å²) >= 11 is 0. The molecule has 0 unspecified atom stereocenters. The maximum absolute atomic E-state index is 11.6. The summed E-state index contributed by atoms with van der Waals surface area (Å²) in [6, 6.07) is 3.94. The van der Waals surface area contributed by atoms with Crippen LogP contribution >= 0.6 is 24.0 Å². The zero-order chi connectivity index (χ0) is 21.1. The van der Waals surface area contributed by atoms with Gasteiger partial charge < -0.3 is 25.4 Å². The van der Waals surface area contributed by atoms with E-state index >= 15 is 0 Å². The maximum atomic E-state index is 11.6. The van der Waals surface area contributed by atoms with Gasteiger partial charge in [-0.15, -0.1) is 24.0 Å². The highest BCUT2D eigenvalue weighted by Gasteiger charge is 2.17. The summed E-state index contributed by atoms with van der Waals surface area (Å²) in [6.45, 7) is 7.36. The molecule has 0 spiro atoms. The molecule has 30 heavy (non-hydrogen) atoms. The number of hydrogen-bond donors (Lipinski definition) is 3. The molecule has 0 saturated heterocycles. The Kier molecular flexibility index (Phi) is 11.8. The third-order valence-corrected chi connectivity index (χ3v) is 4.38. The van der Waals surface area contributed by atoms with Crippen molar-refractivity contribution >= 4 is 36.0 Å². The second-order valence-corrected chi connectivity index (χ2v) is 8.16. The Morgan fingerprint density at radius 2 is 1.87 bits per heavy atom. The monoisotopic (exact) mass is 533 g/mol. The van der Waals surface area contributed by atoms with E-state index < -0.39 is 11.7 Å². The molecule has 0 aromatic carbocycles. The van der Waals surface area contributed by atoms with E-state index in [9.17, 15) is 4.79 Å². The predicted octanol–water partition coefficient (Wildman–Crippen LogP) is 3.60. The molecule has 1 heterocycles. The van der Waals surface area contributed by atoms with Crippen LogP contribution in [-0.4, -0.2) is 48.9 Å². The molecule has 0 radical (unpaired) electrons. The number of aromatic nitrogens is 1. The zero-order valence-corrected chi connectivity index (χ0v) is 20.8. The summed E-state index contributed by atoms with van der Waals surface area (Å²) in [7, 11) is 1.73. The summed E-state index contributed by atoms with van der Waals surface area (Å²) in [4.78, 5) is 20.2. The number of nitrogens with zero attached hydrogens (tertiary/aromatic N) is 2. The second-order valence-electron chi connectivity index (χ2n) is 8.16. The number of aliphatic imine (C=N–C) groups is 1. The molecule has 1 fully saturated rings. The fourth-order valence-electron chi connectivity index (χ4n) is 2.97. The Hall–Kier alpha value is -1.78. The van der Waals surface area contributed by atoms with Crippen molar-refractivity contribution in [2.24, 2.45) is 4.99 Å². The molecule has 1 amide bonds. The van der Waals surface area contributed by atoms with E-state index in [1.54, 1.807) is 7.05 Å². The number of guanidine groups is 1. The van der Waals surface area contributed by atoms with Gasteiger partial charge in [-0.1, -0.05) is 6.07 Å². The van der Waals surface area contributed by atoms with Crippen LogP contribution in [0.15, 0.2) is 23.3 Å². The van der Waals surface area contributed by atoms with E-state index in [1.165, 1.54) is 12.8 Å². The summed E-state index contributed by atoms with van der Waals surface area (Å²) in [6.07, 6.45) is 7.25. The Bertz CT molecular complexity index is 656. The minimum Gasteiger partial charge on any atom is -0.474 e. The summed E-state index contributed by atoms with van der Waals surface area (Å²) in [5.41, 5.74) is 0.572. The molecule has 1 aromatic heterocycles. The van der Waals surface area contributed by atoms with Gasteiger partial charge in [0.15, 0.2) is 5.96 Å². The second kappa shape index (κ2) is 13.5. The Morgan fingerprint density at radius 3 is 2.47 bits per heavy atom. The number of nitrogens with one attached hydrogen (secondary N) is 3. The molecule has 0 aliphatic heterocycles.